The van der Waals surface area contributed by atoms with Gasteiger partial charge in [0.1, 0.15) is 17.2 Å². The molecule has 2 aromatic carbocycles. The Morgan fingerprint density at radius 3 is 2.47 bits per heavy atom. The fourth-order valence-corrected chi connectivity index (χ4v) is 5.49. The van der Waals surface area contributed by atoms with Crippen molar-refractivity contribution >= 4 is 44.5 Å². The third kappa shape index (κ3) is 4.03. The van der Waals surface area contributed by atoms with Crippen molar-refractivity contribution in [1.82, 2.24) is 9.55 Å². The molecule has 1 amide bonds. The average Bonchev–Trinajstić information content (AvgIpc) is 3.17. The van der Waals surface area contributed by atoms with Crippen molar-refractivity contribution in [2.24, 2.45) is 0 Å². The third-order valence-electron chi connectivity index (χ3n) is 5.80. The number of hydrogen-bond donors (Lipinski definition) is 2. The second-order valence-corrected chi connectivity index (χ2v) is 9.14. The Hall–Kier alpha value is -3.45. The molecule has 0 saturated heterocycles. The molecule has 0 saturated carbocycles. The molecular formula is C25H24N4O2S. The number of nitrogens with zero attached hydrogens (tertiary/aromatic N) is 2. The van der Waals surface area contributed by atoms with Crippen LogP contribution in [-0.2, 0) is 24.2 Å². The first-order chi connectivity index (χ1) is 15.6. The maximum absolute atomic E-state index is 13.2. The number of rotatable bonds is 5. The molecule has 0 aliphatic heterocycles. The number of aromatic nitrogens is 2. The molecule has 0 fully saturated rings. The van der Waals surface area contributed by atoms with Crippen LogP contribution in [0.2, 0.25) is 0 Å². The predicted octanol–water partition coefficient (Wildman–Crippen LogP) is 5.03. The topological polar surface area (TPSA) is 76.0 Å². The second-order valence-electron chi connectivity index (χ2n) is 8.06. The van der Waals surface area contributed by atoms with Crippen LogP contribution in [0.15, 0.2) is 59.4 Å². The lowest BCUT2D eigenvalue weighted by Crippen LogP contribution is -2.30. The molecule has 6 nitrogen and oxygen atoms in total. The van der Waals surface area contributed by atoms with Crippen molar-refractivity contribution in [3.63, 3.8) is 0 Å². The first kappa shape index (κ1) is 20.5. The van der Waals surface area contributed by atoms with E-state index in [1.54, 1.807) is 18.3 Å². The van der Waals surface area contributed by atoms with E-state index < -0.39 is 0 Å². The summed E-state index contributed by atoms with van der Waals surface area (Å²) in [7, 11) is 0. The molecule has 162 valence electrons. The number of hydrogen-bond acceptors (Lipinski definition) is 5. The van der Waals surface area contributed by atoms with Crippen molar-refractivity contribution < 1.29 is 4.79 Å². The Balaban J connectivity index is 1.32. The van der Waals surface area contributed by atoms with Gasteiger partial charge in [0.2, 0.25) is 5.91 Å². The van der Waals surface area contributed by atoms with E-state index in [0.29, 0.717) is 16.9 Å². The molecule has 1 aliphatic rings. The number of benzene rings is 2. The molecule has 2 aromatic heterocycles. The molecule has 32 heavy (non-hydrogen) atoms. The van der Waals surface area contributed by atoms with Gasteiger partial charge in [0.05, 0.1) is 5.39 Å². The van der Waals surface area contributed by atoms with Crippen LogP contribution >= 0.6 is 11.3 Å². The van der Waals surface area contributed by atoms with Gasteiger partial charge in [0.15, 0.2) is 0 Å². The summed E-state index contributed by atoms with van der Waals surface area (Å²) in [6, 6.07) is 17.4. The normalized spacial score (nSPS) is 13.0. The Morgan fingerprint density at radius 2 is 1.69 bits per heavy atom. The summed E-state index contributed by atoms with van der Waals surface area (Å²) in [6.45, 7) is 1.74. The predicted molar refractivity (Wildman–Crippen MR) is 130 cm³/mol. The zero-order chi connectivity index (χ0) is 22.1. The van der Waals surface area contributed by atoms with Gasteiger partial charge in [-0.3, -0.25) is 14.2 Å². The first-order valence-electron chi connectivity index (χ1n) is 10.8. The summed E-state index contributed by atoms with van der Waals surface area (Å²) in [6.07, 6.45) is 4.20. The van der Waals surface area contributed by atoms with Gasteiger partial charge in [0, 0.05) is 21.9 Å². The number of thiophene rings is 1. The lowest BCUT2D eigenvalue weighted by atomic mass is 9.97. The maximum Gasteiger partial charge on any atom is 0.263 e. The van der Waals surface area contributed by atoms with Crippen LogP contribution in [0.25, 0.3) is 10.2 Å². The van der Waals surface area contributed by atoms with Gasteiger partial charge in [0.25, 0.3) is 5.56 Å². The Labute approximate surface area is 189 Å². The van der Waals surface area contributed by atoms with Crippen LogP contribution in [0.4, 0.5) is 17.1 Å². The number of fused-ring (bicyclic) bond motifs is 3. The van der Waals surface area contributed by atoms with Crippen molar-refractivity contribution in [2.75, 3.05) is 10.6 Å². The summed E-state index contributed by atoms with van der Waals surface area (Å²) >= 11 is 1.63. The van der Waals surface area contributed by atoms with Gasteiger partial charge in [-0.05, 0) is 74.6 Å². The number of carbonyl (C=O) groups excluding carboxylic acids is 1. The summed E-state index contributed by atoms with van der Waals surface area (Å²) in [5.41, 5.74) is 3.64. The van der Waals surface area contributed by atoms with E-state index in [-0.39, 0.29) is 18.0 Å². The number of anilines is 3. The molecule has 0 atom stereocenters. The smallest absolute Gasteiger partial charge is 0.263 e. The van der Waals surface area contributed by atoms with Crippen molar-refractivity contribution in [3.8, 4) is 0 Å². The van der Waals surface area contributed by atoms with Gasteiger partial charge in [-0.1, -0.05) is 18.2 Å². The molecule has 0 bridgehead atoms. The highest BCUT2D eigenvalue weighted by Gasteiger charge is 2.21. The number of nitrogens with one attached hydrogen (secondary N) is 2. The quantitative estimate of drug-likeness (QED) is 0.453. The van der Waals surface area contributed by atoms with E-state index in [0.717, 1.165) is 47.5 Å². The Bertz CT molecular complexity index is 1340. The van der Waals surface area contributed by atoms with Crippen LogP contribution in [0.1, 0.15) is 29.1 Å². The van der Waals surface area contributed by atoms with Gasteiger partial charge >= 0.3 is 0 Å². The number of amides is 1. The summed E-state index contributed by atoms with van der Waals surface area (Å²) in [4.78, 5) is 32.7. The third-order valence-corrected chi connectivity index (χ3v) is 6.98. The fourth-order valence-electron chi connectivity index (χ4n) is 4.20. The molecule has 0 spiro atoms. The van der Waals surface area contributed by atoms with E-state index in [2.05, 4.69) is 15.6 Å². The maximum atomic E-state index is 13.2. The molecular weight excluding hydrogens is 420 g/mol. The van der Waals surface area contributed by atoms with Crippen LogP contribution in [-0.4, -0.2) is 15.5 Å². The number of carbonyl (C=O) groups is 1. The zero-order valence-electron chi connectivity index (χ0n) is 17.9. The monoisotopic (exact) mass is 444 g/mol. The van der Waals surface area contributed by atoms with Crippen molar-refractivity contribution in [2.45, 2.75) is 39.2 Å². The summed E-state index contributed by atoms with van der Waals surface area (Å²) < 4.78 is 1.49. The minimum Gasteiger partial charge on any atom is -0.356 e. The number of para-hydroxylation sites is 1. The molecule has 2 heterocycles. The van der Waals surface area contributed by atoms with Crippen LogP contribution in [0, 0.1) is 6.92 Å². The van der Waals surface area contributed by atoms with E-state index >= 15 is 0 Å². The standard InChI is InChI=1S/C25H24N4O2S/c1-16-26-24-23(20-9-5-6-10-21(20)32-24)25(31)29(16)15-22(30)28-19-13-11-18(12-14-19)27-17-7-3-2-4-8-17/h2-4,7-8,11-14,27H,5-6,9-10,15H2,1H3,(H,28,30). The molecule has 0 radical (unpaired) electrons. The van der Waals surface area contributed by atoms with Crippen LogP contribution in [0.5, 0.6) is 0 Å². The average molecular weight is 445 g/mol. The van der Waals surface area contributed by atoms with Gasteiger partial charge in [-0.15, -0.1) is 11.3 Å². The van der Waals surface area contributed by atoms with E-state index in [1.807, 2.05) is 54.6 Å². The highest BCUT2D eigenvalue weighted by Crippen LogP contribution is 2.33. The van der Waals surface area contributed by atoms with Crippen molar-refractivity contribution in [3.05, 3.63) is 81.2 Å². The number of aryl methyl sites for hydroxylation is 3. The highest BCUT2D eigenvalue weighted by molar-refractivity contribution is 7.18. The van der Waals surface area contributed by atoms with Crippen LogP contribution < -0.4 is 16.2 Å². The zero-order valence-corrected chi connectivity index (χ0v) is 18.7. The van der Waals surface area contributed by atoms with E-state index in [1.165, 1.54) is 9.44 Å². The lowest BCUT2D eigenvalue weighted by molar-refractivity contribution is -0.116. The molecule has 7 heteroatoms. The fraction of sp³-hybridized carbons (Fsp3) is 0.240. The minimum absolute atomic E-state index is 0.0533. The first-order valence-corrected chi connectivity index (χ1v) is 11.6. The minimum atomic E-state index is -0.246. The molecule has 5 rings (SSSR count). The van der Waals surface area contributed by atoms with E-state index in [4.69, 9.17) is 0 Å². The lowest BCUT2D eigenvalue weighted by Gasteiger charge is -2.12. The molecule has 2 N–H and O–H groups in total. The van der Waals surface area contributed by atoms with Crippen molar-refractivity contribution in [1.29, 1.82) is 0 Å². The summed E-state index contributed by atoms with van der Waals surface area (Å²) in [5.74, 6) is 0.322. The van der Waals surface area contributed by atoms with Gasteiger partial charge in [-0.25, -0.2) is 4.98 Å². The van der Waals surface area contributed by atoms with E-state index in [9.17, 15) is 9.59 Å². The van der Waals surface area contributed by atoms with Crippen LogP contribution in [0.3, 0.4) is 0 Å². The SMILES string of the molecule is Cc1nc2sc3c(c2c(=O)n1CC(=O)Nc1ccc(Nc2ccccc2)cc1)CCCC3. The Kier molecular flexibility index (Phi) is 5.49. The highest BCUT2D eigenvalue weighted by atomic mass is 32.1. The Morgan fingerprint density at radius 1 is 1.00 bits per heavy atom. The van der Waals surface area contributed by atoms with Gasteiger partial charge in [-0.2, -0.15) is 0 Å². The summed E-state index contributed by atoms with van der Waals surface area (Å²) in [5, 5.41) is 6.91. The molecule has 4 aromatic rings. The molecule has 0 unspecified atom stereocenters. The largest absolute Gasteiger partial charge is 0.356 e. The van der Waals surface area contributed by atoms with Gasteiger partial charge < -0.3 is 10.6 Å². The second kappa shape index (κ2) is 8.59. The molecule has 1 aliphatic carbocycles.